The number of benzene rings is 1. The van der Waals surface area contributed by atoms with Gasteiger partial charge in [-0.1, -0.05) is 0 Å². The van der Waals surface area contributed by atoms with Crippen LogP contribution in [0.25, 0.3) is 0 Å². The summed E-state index contributed by atoms with van der Waals surface area (Å²) in [7, 11) is 0. The Labute approximate surface area is 82.6 Å². The number of nitrogens with zero attached hydrogens (tertiary/aromatic N) is 2. The number of hydrogen-bond acceptors (Lipinski definition) is 2. The first-order valence-corrected chi connectivity index (χ1v) is 4.58. The van der Waals surface area contributed by atoms with Gasteiger partial charge < -0.3 is 4.90 Å². The lowest BCUT2D eigenvalue weighted by Crippen LogP contribution is -2.22. The van der Waals surface area contributed by atoms with E-state index in [-0.39, 0.29) is 5.91 Å². The number of carbonyl (C=O) groups excluding carboxylic acids is 1. The summed E-state index contributed by atoms with van der Waals surface area (Å²) in [5, 5.41) is 8.71. The zero-order valence-corrected chi connectivity index (χ0v) is 7.95. The predicted octanol–water partition coefficient (Wildman–Crippen LogP) is 1.53. The molecule has 3 heteroatoms. The van der Waals surface area contributed by atoms with Crippen molar-refractivity contribution >= 4 is 5.91 Å². The molecule has 0 saturated heterocycles. The van der Waals surface area contributed by atoms with Crippen LogP contribution >= 0.6 is 0 Å². The molecule has 0 fully saturated rings. The van der Waals surface area contributed by atoms with E-state index in [0.29, 0.717) is 12.1 Å². The lowest BCUT2D eigenvalue weighted by atomic mass is 10.1. The normalized spacial score (nSPS) is 14.0. The largest absolute Gasteiger partial charge is 0.335 e. The monoisotopic (exact) mass is 186 g/mol. The summed E-state index contributed by atoms with van der Waals surface area (Å²) < 4.78 is 0. The Balaban J connectivity index is 2.45. The Kier molecular flexibility index (Phi) is 1.97. The number of nitriles is 1. The molecule has 2 rings (SSSR count). The van der Waals surface area contributed by atoms with Gasteiger partial charge in [0.25, 0.3) is 5.91 Å². The number of carbonyl (C=O) groups is 1. The standard InChI is InChI=1S/C11H10N2O/c1-2-13-7-9-5-8(6-12)3-4-10(9)11(13)14/h3-5H,2,7H2,1H3. The Hall–Kier alpha value is -1.82. The van der Waals surface area contributed by atoms with Gasteiger partial charge in [0.15, 0.2) is 0 Å². The Morgan fingerprint density at radius 2 is 2.36 bits per heavy atom. The molecule has 1 aromatic rings. The van der Waals surface area contributed by atoms with Gasteiger partial charge in [-0.2, -0.15) is 5.26 Å². The summed E-state index contributed by atoms with van der Waals surface area (Å²) in [6.45, 7) is 3.31. The van der Waals surface area contributed by atoms with Crippen LogP contribution in [0.2, 0.25) is 0 Å². The van der Waals surface area contributed by atoms with Crippen molar-refractivity contribution in [3.05, 3.63) is 34.9 Å². The summed E-state index contributed by atoms with van der Waals surface area (Å²) in [6.07, 6.45) is 0. The van der Waals surface area contributed by atoms with Crippen molar-refractivity contribution in [1.82, 2.24) is 4.90 Å². The smallest absolute Gasteiger partial charge is 0.254 e. The number of amides is 1. The van der Waals surface area contributed by atoms with Crippen molar-refractivity contribution in [1.29, 1.82) is 5.26 Å². The topological polar surface area (TPSA) is 44.1 Å². The molecule has 1 aromatic carbocycles. The third-order valence-corrected chi connectivity index (χ3v) is 2.49. The molecule has 0 aromatic heterocycles. The molecular formula is C11H10N2O. The molecule has 0 atom stereocenters. The zero-order valence-electron chi connectivity index (χ0n) is 7.95. The van der Waals surface area contributed by atoms with Gasteiger partial charge >= 0.3 is 0 Å². The third-order valence-electron chi connectivity index (χ3n) is 2.49. The summed E-state index contributed by atoms with van der Waals surface area (Å²) in [6, 6.07) is 7.30. The second kappa shape index (κ2) is 3.15. The Morgan fingerprint density at radius 1 is 1.57 bits per heavy atom. The molecule has 1 aliphatic heterocycles. The van der Waals surface area contributed by atoms with Crippen LogP contribution in [-0.2, 0) is 6.54 Å². The Bertz CT molecular complexity index is 431. The molecule has 0 radical (unpaired) electrons. The molecular weight excluding hydrogens is 176 g/mol. The minimum absolute atomic E-state index is 0.0759. The van der Waals surface area contributed by atoms with E-state index in [0.717, 1.165) is 17.7 Å². The fourth-order valence-electron chi connectivity index (χ4n) is 1.71. The molecule has 0 spiro atoms. The molecule has 1 heterocycles. The average molecular weight is 186 g/mol. The fourth-order valence-corrected chi connectivity index (χ4v) is 1.71. The number of fused-ring (bicyclic) bond motifs is 1. The van der Waals surface area contributed by atoms with E-state index in [4.69, 9.17) is 5.26 Å². The van der Waals surface area contributed by atoms with Crippen molar-refractivity contribution < 1.29 is 4.79 Å². The summed E-state index contributed by atoms with van der Waals surface area (Å²) in [4.78, 5) is 13.4. The summed E-state index contributed by atoms with van der Waals surface area (Å²) in [5.41, 5.74) is 2.33. The highest BCUT2D eigenvalue weighted by atomic mass is 16.2. The van der Waals surface area contributed by atoms with Crippen LogP contribution < -0.4 is 0 Å². The van der Waals surface area contributed by atoms with Crippen molar-refractivity contribution in [2.45, 2.75) is 13.5 Å². The van der Waals surface area contributed by atoms with Gasteiger partial charge in [-0.05, 0) is 30.7 Å². The minimum Gasteiger partial charge on any atom is -0.335 e. The predicted molar refractivity (Wildman–Crippen MR) is 51.6 cm³/mol. The maximum Gasteiger partial charge on any atom is 0.254 e. The lowest BCUT2D eigenvalue weighted by molar-refractivity contribution is 0.0787. The van der Waals surface area contributed by atoms with Gasteiger partial charge in [0.2, 0.25) is 0 Å². The van der Waals surface area contributed by atoms with Crippen molar-refractivity contribution in [2.24, 2.45) is 0 Å². The van der Waals surface area contributed by atoms with Gasteiger partial charge in [0.1, 0.15) is 0 Å². The minimum atomic E-state index is 0.0759. The highest BCUT2D eigenvalue weighted by molar-refractivity contribution is 5.98. The first-order valence-electron chi connectivity index (χ1n) is 4.58. The summed E-state index contributed by atoms with van der Waals surface area (Å²) in [5.74, 6) is 0.0759. The second-order valence-electron chi connectivity index (χ2n) is 3.30. The van der Waals surface area contributed by atoms with Crippen LogP contribution in [0.1, 0.15) is 28.4 Å². The molecule has 14 heavy (non-hydrogen) atoms. The van der Waals surface area contributed by atoms with Crippen molar-refractivity contribution in [3.8, 4) is 6.07 Å². The quantitative estimate of drug-likeness (QED) is 0.667. The first kappa shape index (κ1) is 8.76. The van der Waals surface area contributed by atoms with Gasteiger partial charge in [-0.15, -0.1) is 0 Å². The van der Waals surface area contributed by atoms with Crippen LogP contribution in [0.3, 0.4) is 0 Å². The van der Waals surface area contributed by atoms with Crippen LogP contribution in [-0.4, -0.2) is 17.4 Å². The number of rotatable bonds is 1. The molecule has 0 aliphatic carbocycles. The van der Waals surface area contributed by atoms with Crippen LogP contribution in [0.5, 0.6) is 0 Å². The second-order valence-corrected chi connectivity index (χ2v) is 3.30. The van der Waals surface area contributed by atoms with Crippen LogP contribution in [0.15, 0.2) is 18.2 Å². The van der Waals surface area contributed by atoms with Crippen molar-refractivity contribution in [3.63, 3.8) is 0 Å². The van der Waals surface area contributed by atoms with E-state index in [9.17, 15) is 4.79 Å². The fraction of sp³-hybridized carbons (Fsp3) is 0.273. The van der Waals surface area contributed by atoms with E-state index >= 15 is 0 Å². The highest BCUT2D eigenvalue weighted by Gasteiger charge is 2.25. The van der Waals surface area contributed by atoms with Gasteiger partial charge in [-0.3, -0.25) is 4.79 Å². The Morgan fingerprint density at radius 3 is 3.00 bits per heavy atom. The average Bonchev–Trinajstić information content (AvgIpc) is 2.55. The molecule has 0 unspecified atom stereocenters. The van der Waals surface area contributed by atoms with Gasteiger partial charge in [0.05, 0.1) is 11.6 Å². The maximum atomic E-state index is 11.7. The molecule has 0 N–H and O–H groups in total. The number of hydrogen-bond donors (Lipinski definition) is 0. The van der Waals surface area contributed by atoms with Gasteiger partial charge in [-0.25, -0.2) is 0 Å². The van der Waals surface area contributed by atoms with E-state index in [1.165, 1.54) is 0 Å². The molecule has 1 aliphatic rings. The van der Waals surface area contributed by atoms with E-state index < -0.39 is 0 Å². The SMILES string of the molecule is CCN1Cc2cc(C#N)ccc2C1=O. The van der Waals surface area contributed by atoms with E-state index in [1.807, 2.05) is 6.92 Å². The van der Waals surface area contributed by atoms with E-state index in [1.54, 1.807) is 23.1 Å². The van der Waals surface area contributed by atoms with Crippen molar-refractivity contribution in [2.75, 3.05) is 6.54 Å². The van der Waals surface area contributed by atoms with Gasteiger partial charge in [0, 0.05) is 18.7 Å². The third kappa shape index (κ3) is 1.16. The van der Waals surface area contributed by atoms with E-state index in [2.05, 4.69) is 6.07 Å². The molecule has 70 valence electrons. The molecule has 0 saturated carbocycles. The highest BCUT2D eigenvalue weighted by Crippen LogP contribution is 2.23. The molecule has 0 bridgehead atoms. The summed E-state index contributed by atoms with van der Waals surface area (Å²) >= 11 is 0. The molecule has 3 nitrogen and oxygen atoms in total. The molecule has 1 amide bonds. The maximum absolute atomic E-state index is 11.7. The lowest BCUT2D eigenvalue weighted by Gasteiger charge is -2.10. The zero-order chi connectivity index (χ0) is 10.1. The first-order chi connectivity index (χ1) is 6.76. The van der Waals surface area contributed by atoms with Crippen LogP contribution in [0.4, 0.5) is 0 Å². The van der Waals surface area contributed by atoms with Crippen LogP contribution in [0, 0.1) is 11.3 Å².